The second-order valence-electron chi connectivity index (χ2n) is 4.44. The van der Waals surface area contributed by atoms with Crippen molar-refractivity contribution in [3.8, 4) is 0 Å². The molecule has 0 amide bonds. The molecule has 5 heteroatoms. The van der Waals surface area contributed by atoms with E-state index in [-0.39, 0.29) is 30.3 Å². The Kier molecular flexibility index (Phi) is 6.24. The van der Waals surface area contributed by atoms with Crippen molar-refractivity contribution in [2.75, 3.05) is 5.73 Å². The Morgan fingerprint density at radius 1 is 0.765 bits per heavy atom. The van der Waals surface area contributed by atoms with E-state index < -0.39 is 0 Å². The van der Waals surface area contributed by atoms with Crippen molar-refractivity contribution in [1.82, 2.24) is 4.98 Å². The molecule has 1 heterocycles. The van der Waals surface area contributed by atoms with E-state index in [9.17, 15) is 0 Å². The van der Waals surface area contributed by atoms with E-state index in [2.05, 4.69) is 0 Å². The van der Waals surface area contributed by atoms with Crippen molar-refractivity contribution in [2.24, 2.45) is 0 Å². The van der Waals surface area contributed by atoms with Gasteiger partial charge in [0.1, 0.15) is 0 Å². The number of rotatable bonds is 0. The normalized spacial score (nSPS) is 15.8. The third-order valence-electron chi connectivity index (χ3n) is 3.55. The lowest BCUT2D eigenvalue weighted by atomic mass is 9.92. The largest absolute Gasteiger partial charge is 0.412 e. The van der Waals surface area contributed by atoms with Crippen molar-refractivity contribution < 1.29 is 5.48 Å². The maximum absolute atomic E-state index is 6.22. The first-order valence-electron chi connectivity index (χ1n) is 5.65. The molecule has 0 unspecified atom stereocenters. The van der Waals surface area contributed by atoms with Crippen LogP contribution in [0.3, 0.4) is 0 Å². The highest BCUT2D eigenvalue weighted by atomic mass is 35.5. The lowest BCUT2D eigenvalue weighted by Gasteiger charge is -2.19. The second-order valence-corrected chi connectivity index (χ2v) is 4.44. The summed E-state index contributed by atoms with van der Waals surface area (Å²) in [7, 11) is 0. The minimum Gasteiger partial charge on any atom is -0.412 e. The summed E-state index contributed by atoms with van der Waals surface area (Å²) in [5.74, 6) is 0. The van der Waals surface area contributed by atoms with Crippen molar-refractivity contribution >= 4 is 30.5 Å². The molecule has 1 aromatic heterocycles. The number of anilines is 1. The van der Waals surface area contributed by atoms with E-state index in [1.165, 1.54) is 41.8 Å². The van der Waals surface area contributed by atoms with Crippen LogP contribution in [-0.4, -0.2) is 10.5 Å². The van der Waals surface area contributed by atoms with E-state index in [1.54, 1.807) is 0 Å². The first kappa shape index (κ1) is 16.5. The van der Waals surface area contributed by atoms with Crippen LogP contribution in [0.4, 0.5) is 5.69 Å². The lowest BCUT2D eigenvalue weighted by Crippen LogP contribution is -2.12. The molecule has 0 spiro atoms. The zero-order chi connectivity index (χ0) is 9.54. The van der Waals surface area contributed by atoms with E-state index in [0.717, 1.165) is 31.4 Å². The van der Waals surface area contributed by atoms with Gasteiger partial charge < -0.3 is 11.2 Å². The fourth-order valence-electron chi connectivity index (χ4n) is 2.79. The molecule has 2 aliphatic rings. The summed E-state index contributed by atoms with van der Waals surface area (Å²) in [6.45, 7) is 0. The van der Waals surface area contributed by atoms with Gasteiger partial charge in [-0.15, -0.1) is 24.8 Å². The predicted molar refractivity (Wildman–Crippen MR) is 75.4 cm³/mol. The molecule has 0 saturated carbocycles. The summed E-state index contributed by atoms with van der Waals surface area (Å²) in [5, 5.41) is 0. The van der Waals surface area contributed by atoms with Crippen LogP contribution in [-0.2, 0) is 25.7 Å². The highest BCUT2D eigenvalue weighted by molar-refractivity contribution is 5.85. The fourth-order valence-corrected chi connectivity index (χ4v) is 2.79. The zero-order valence-electron chi connectivity index (χ0n) is 9.79. The topological polar surface area (TPSA) is 70.4 Å². The van der Waals surface area contributed by atoms with E-state index >= 15 is 0 Å². The minimum absolute atomic E-state index is 0. The number of nitrogens with two attached hydrogens (primary N) is 1. The van der Waals surface area contributed by atoms with Gasteiger partial charge in [-0.1, -0.05) is 0 Å². The molecule has 0 saturated heterocycles. The van der Waals surface area contributed by atoms with Crippen LogP contribution < -0.4 is 5.73 Å². The monoisotopic (exact) mass is 278 g/mol. The molecule has 3 nitrogen and oxygen atoms in total. The molecule has 0 bridgehead atoms. The first-order valence-corrected chi connectivity index (χ1v) is 5.65. The Hall–Kier alpha value is -0.510. The molecular weight excluding hydrogens is 259 g/mol. The molecule has 0 atom stereocenters. The average Bonchev–Trinajstić information content (AvgIpc) is 2.66. The third-order valence-corrected chi connectivity index (χ3v) is 3.55. The smallest absolute Gasteiger partial charge is 0.0459 e. The van der Waals surface area contributed by atoms with Crippen LogP contribution in [0.5, 0.6) is 0 Å². The number of hydrogen-bond acceptors (Lipinski definition) is 2. The lowest BCUT2D eigenvalue weighted by molar-refractivity contribution is 0.665. The molecule has 4 N–H and O–H groups in total. The molecule has 3 rings (SSSR count). The molecule has 17 heavy (non-hydrogen) atoms. The second kappa shape index (κ2) is 6.43. The minimum atomic E-state index is 0. The number of nitrogens with zero attached hydrogens (tertiary/aromatic N) is 1. The Morgan fingerprint density at radius 2 is 1.24 bits per heavy atom. The van der Waals surface area contributed by atoms with Gasteiger partial charge in [-0.25, -0.2) is 0 Å². The predicted octanol–water partition coefficient (Wildman–Crippen LogP) is 2.05. The molecule has 0 fully saturated rings. The summed E-state index contributed by atoms with van der Waals surface area (Å²) in [6.07, 6.45) is 8.42. The standard InChI is InChI=1S/C12H16N2.2ClH.H2O/c13-12-8-4-1-2-6-10(8)14-11-7-3-5-9(11)12;;;/h1-7H2,(H2,13,14);2*1H;1H2. The van der Waals surface area contributed by atoms with Gasteiger partial charge in [0.15, 0.2) is 0 Å². The van der Waals surface area contributed by atoms with Crippen molar-refractivity contribution in [3.05, 3.63) is 22.5 Å². The quantitative estimate of drug-likeness (QED) is 0.789. The van der Waals surface area contributed by atoms with Crippen LogP contribution >= 0.6 is 24.8 Å². The van der Waals surface area contributed by atoms with Crippen molar-refractivity contribution in [1.29, 1.82) is 0 Å². The maximum atomic E-state index is 6.22. The van der Waals surface area contributed by atoms with Gasteiger partial charge in [0.2, 0.25) is 0 Å². The molecular formula is C12H20Cl2N2O. The molecule has 2 aliphatic carbocycles. The Labute approximate surface area is 114 Å². The Morgan fingerprint density at radius 3 is 1.88 bits per heavy atom. The summed E-state index contributed by atoms with van der Waals surface area (Å²) in [4.78, 5) is 4.77. The van der Waals surface area contributed by atoms with Crippen molar-refractivity contribution in [3.63, 3.8) is 0 Å². The van der Waals surface area contributed by atoms with E-state index in [0.29, 0.717) is 0 Å². The van der Waals surface area contributed by atoms with Crippen molar-refractivity contribution in [2.45, 2.75) is 44.9 Å². The molecule has 0 aromatic carbocycles. The molecule has 98 valence electrons. The number of fused-ring (bicyclic) bond motifs is 2. The van der Waals surface area contributed by atoms with Gasteiger partial charge in [0.05, 0.1) is 0 Å². The maximum Gasteiger partial charge on any atom is 0.0459 e. The molecule has 0 aliphatic heterocycles. The fraction of sp³-hybridized carbons (Fsp3) is 0.583. The third kappa shape index (κ3) is 2.67. The van der Waals surface area contributed by atoms with Crippen LogP contribution in [0, 0.1) is 0 Å². The van der Waals surface area contributed by atoms with Gasteiger partial charge in [-0.3, -0.25) is 4.98 Å². The highest BCUT2D eigenvalue weighted by Gasteiger charge is 2.22. The number of halogens is 2. The van der Waals surface area contributed by atoms with Gasteiger partial charge in [0, 0.05) is 17.1 Å². The van der Waals surface area contributed by atoms with Crippen LogP contribution in [0.25, 0.3) is 0 Å². The van der Waals surface area contributed by atoms with Crippen LogP contribution in [0.15, 0.2) is 0 Å². The van der Waals surface area contributed by atoms with Gasteiger partial charge in [-0.05, 0) is 56.1 Å². The van der Waals surface area contributed by atoms with Gasteiger partial charge in [-0.2, -0.15) is 0 Å². The summed E-state index contributed by atoms with van der Waals surface area (Å²) in [5.41, 5.74) is 12.6. The number of aromatic nitrogens is 1. The van der Waals surface area contributed by atoms with Gasteiger partial charge in [0.25, 0.3) is 0 Å². The number of aryl methyl sites for hydroxylation is 2. The van der Waals surface area contributed by atoms with E-state index in [4.69, 9.17) is 10.7 Å². The number of nitrogen functional groups attached to an aromatic ring is 1. The summed E-state index contributed by atoms with van der Waals surface area (Å²) < 4.78 is 0. The van der Waals surface area contributed by atoms with E-state index in [1.807, 2.05) is 0 Å². The summed E-state index contributed by atoms with van der Waals surface area (Å²) >= 11 is 0. The highest BCUT2D eigenvalue weighted by Crippen LogP contribution is 2.33. The zero-order valence-corrected chi connectivity index (χ0v) is 11.4. The van der Waals surface area contributed by atoms with Crippen LogP contribution in [0.2, 0.25) is 0 Å². The number of pyridine rings is 1. The number of hydrogen-bond donors (Lipinski definition) is 1. The summed E-state index contributed by atoms with van der Waals surface area (Å²) in [6, 6.07) is 0. The average molecular weight is 279 g/mol. The Balaban J connectivity index is 0.000000853. The Bertz CT molecular complexity index is 397. The first-order chi connectivity index (χ1) is 6.86. The van der Waals surface area contributed by atoms with Crippen LogP contribution in [0.1, 0.15) is 41.8 Å². The SMILES string of the molecule is Cl.Cl.Nc1c2c(nc3c1CCC3)CCCC2.O. The molecule has 1 aromatic rings. The van der Waals surface area contributed by atoms with Gasteiger partial charge >= 0.3 is 0 Å². The molecule has 0 radical (unpaired) electrons.